The van der Waals surface area contributed by atoms with Gasteiger partial charge < -0.3 is 9.47 Å². The Labute approximate surface area is 108 Å². The quantitative estimate of drug-likeness (QED) is 0.763. The van der Waals surface area contributed by atoms with Crippen molar-refractivity contribution in [3.63, 3.8) is 0 Å². The number of benzene rings is 1. The van der Waals surface area contributed by atoms with E-state index in [1.807, 2.05) is 19.1 Å². The van der Waals surface area contributed by atoms with Crippen LogP contribution in [0.25, 0.3) is 0 Å². The lowest BCUT2D eigenvalue weighted by Crippen LogP contribution is -2.26. The molecule has 1 aromatic rings. The molecule has 0 spiro atoms. The SMILES string of the molecule is CCOC1CCOC(c2cccc(CCl)c2)C1. The van der Waals surface area contributed by atoms with Gasteiger partial charge in [-0.3, -0.25) is 0 Å². The third kappa shape index (κ3) is 3.44. The van der Waals surface area contributed by atoms with Crippen LogP contribution in [0.4, 0.5) is 0 Å². The Morgan fingerprint density at radius 2 is 2.35 bits per heavy atom. The van der Waals surface area contributed by atoms with Crippen LogP contribution in [0.15, 0.2) is 24.3 Å². The van der Waals surface area contributed by atoms with Gasteiger partial charge in [0.05, 0.1) is 12.2 Å². The van der Waals surface area contributed by atoms with Crippen LogP contribution in [0, 0.1) is 0 Å². The molecule has 2 nitrogen and oxygen atoms in total. The molecule has 2 atom stereocenters. The van der Waals surface area contributed by atoms with Gasteiger partial charge in [0, 0.05) is 25.5 Å². The first-order valence-electron chi connectivity index (χ1n) is 6.21. The summed E-state index contributed by atoms with van der Waals surface area (Å²) in [6.45, 7) is 3.60. The van der Waals surface area contributed by atoms with E-state index < -0.39 is 0 Å². The molecular formula is C14H19ClO2. The van der Waals surface area contributed by atoms with E-state index in [1.54, 1.807) is 0 Å². The molecule has 1 aromatic carbocycles. The Balaban J connectivity index is 2.05. The Kier molecular flexibility index (Phi) is 4.84. The molecule has 0 aliphatic carbocycles. The summed E-state index contributed by atoms with van der Waals surface area (Å²) in [6.07, 6.45) is 2.43. The van der Waals surface area contributed by atoms with Crippen molar-refractivity contribution in [1.29, 1.82) is 0 Å². The maximum Gasteiger partial charge on any atom is 0.0849 e. The Morgan fingerprint density at radius 3 is 3.12 bits per heavy atom. The van der Waals surface area contributed by atoms with Crippen LogP contribution in [0.1, 0.15) is 37.0 Å². The minimum absolute atomic E-state index is 0.156. The van der Waals surface area contributed by atoms with Crippen LogP contribution < -0.4 is 0 Å². The second-order valence-electron chi connectivity index (χ2n) is 4.34. The summed E-state index contributed by atoms with van der Waals surface area (Å²) in [5.41, 5.74) is 2.36. The fourth-order valence-electron chi connectivity index (χ4n) is 2.26. The Bertz CT molecular complexity index is 352. The molecule has 0 aromatic heterocycles. The maximum absolute atomic E-state index is 5.85. The normalized spacial score (nSPS) is 24.8. The molecule has 0 saturated carbocycles. The number of rotatable bonds is 4. The Morgan fingerprint density at radius 1 is 1.47 bits per heavy atom. The third-order valence-corrected chi connectivity index (χ3v) is 3.42. The van der Waals surface area contributed by atoms with Gasteiger partial charge in [0.15, 0.2) is 0 Å². The van der Waals surface area contributed by atoms with Crippen molar-refractivity contribution in [2.45, 2.75) is 37.9 Å². The van der Waals surface area contributed by atoms with E-state index in [2.05, 4.69) is 12.1 Å². The average Bonchev–Trinajstić information content (AvgIpc) is 2.40. The average molecular weight is 255 g/mol. The van der Waals surface area contributed by atoms with Gasteiger partial charge in [0.25, 0.3) is 0 Å². The molecular weight excluding hydrogens is 236 g/mol. The molecule has 1 aliphatic rings. The molecule has 2 unspecified atom stereocenters. The number of ether oxygens (including phenoxy) is 2. The first kappa shape index (κ1) is 12.9. The van der Waals surface area contributed by atoms with E-state index in [0.29, 0.717) is 12.0 Å². The zero-order chi connectivity index (χ0) is 12.1. The summed E-state index contributed by atoms with van der Waals surface area (Å²) in [7, 11) is 0. The van der Waals surface area contributed by atoms with Crippen LogP contribution in [0.2, 0.25) is 0 Å². The van der Waals surface area contributed by atoms with Gasteiger partial charge in [-0.25, -0.2) is 0 Å². The van der Waals surface area contributed by atoms with Gasteiger partial charge in [-0.2, -0.15) is 0 Å². The van der Waals surface area contributed by atoms with Gasteiger partial charge in [-0.05, 0) is 24.5 Å². The lowest BCUT2D eigenvalue weighted by molar-refractivity contribution is -0.0711. The van der Waals surface area contributed by atoms with E-state index in [4.69, 9.17) is 21.1 Å². The molecule has 1 heterocycles. The van der Waals surface area contributed by atoms with Crippen molar-refractivity contribution in [3.8, 4) is 0 Å². The molecule has 0 N–H and O–H groups in total. The molecule has 1 saturated heterocycles. The first-order valence-corrected chi connectivity index (χ1v) is 6.75. The molecule has 3 heteroatoms. The topological polar surface area (TPSA) is 18.5 Å². The Hall–Kier alpha value is -0.570. The smallest absolute Gasteiger partial charge is 0.0849 e. The number of halogens is 1. The number of hydrogen-bond acceptors (Lipinski definition) is 2. The standard InChI is InChI=1S/C14H19ClO2/c1-2-16-13-6-7-17-14(9-13)12-5-3-4-11(8-12)10-15/h3-5,8,13-14H,2,6-7,9-10H2,1H3. The lowest BCUT2D eigenvalue weighted by atomic mass is 9.98. The minimum Gasteiger partial charge on any atom is -0.378 e. The molecule has 0 bridgehead atoms. The largest absolute Gasteiger partial charge is 0.378 e. The zero-order valence-corrected chi connectivity index (χ0v) is 11.0. The molecule has 2 rings (SSSR count). The van der Waals surface area contributed by atoms with Crippen LogP contribution in [0.3, 0.4) is 0 Å². The summed E-state index contributed by atoms with van der Waals surface area (Å²) >= 11 is 5.85. The highest BCUT2D eigenvalue weighted by atomic mass is 35.5. The fraction of sp³-hybridized carbons (Fsp3) is 0.571. The highest BCUT2D eigenvalue weighted by Crippen LogP contribution is 2.30. The molecule has 0 amide bonds. The third-order valence-electron chi connectivity index (χ3n) is 3.12. The van der Waals surface area contributed by atoms with Crippen LogP contribution in [-0.2, 0) is 15.4 Å². The van der Waals surface area contributed by atoms with Crippen molar-refractivity contribution in [2.75, 3.05) is 13.2 Å². The monoisotopic (exact) mass is 254 g/mol. The second-order valence-corrected chi connectivity index (χ2v) is 4.61. The summed E-state index contributed by atoms with van der Waals surface area (Å²) in [5, 5.41) is 0. The molecule has 0 radical (unpaired) electrons. The lowest BCUT2D eigenvalue weighted by Gasteiger charge is -2.29. The summed E-state index contributed by atoms with van der Waals surface area (Å²) in [4.78, 5) is 0. The molecule has 1 aliphatic heterocycles. The highest BCUT2D eigenvalue weighted by molar-refractivity contribution is 6.17. The maximum atomic E-state index is 5.85. The van der Waals surface area contributed by atoms with Gasteiger partial charge in [0.2, 0.25) is 0 Å². The first-order chi connectivity index (χ1) is 8.33. The summed E-state index contributed by atoms with van der Waals surface area (Å²) in [6, 6.07) is 8.32. The zero-order valence-electron chi connectivity index (χ0n) is 10.2. The van der Waals surface area contributed by atoms with Crippen LogP contribution in [-0.4, -0.2) is 19.3 Å². The molecule has 1 fully saturated rings. The van der Waals surface area contributed by atoms with Gasteiger partial charge in [-0.15, -0.1) is 11.6 Å². The molecule has 17 heavy (non-hydrogen) atoms. The van der Waals surface area contributed by atoms with E-state index in [0.717, 1.165) is 31.6 Å². The minimum atomic E-state index is 0.156. The summed E-state index contributed by atoms with van der Waals surface area (Å²) in [5.74, 6) is 0.551. The van der Waals surface area contributed by atoms with Crippen molar-refractivity contribution >= 4 is 11.6 Å². The highest BCUT2D eigenvalue weighted by Gasteiger charge is 2.24. The van der Waals surface area contributed by atoms with E-state index in [-0.39, 0.29) is 6.10 Å². The summed E-state index contributed by atoms with van der Waals surface area (Å²) < 4.78 is 11.5. The van der Waals surface area contributed by atoms with Crippen molar-refractivity contribution in [3.05, 3.63) is 35.4 Å². The second kappa shape index (κ2) is 6.39. The van der Waals surface area contributed by atoms with E-state index >= 15 is 0 Å². The molecule has 94 valence electrons. The van der Waals surface area contributed by atoms with Gasteiger partial charge in [0.1, 0.15) is 0 Å². The van der Waals surface area contributed by atoms with Crippen molar-refractivity contribution in [2.24, 2.45) is 0 Å². The van der Waals surface area contributed by atoms with Crippen molar-refractivity contribution in [1.82, 2.24) is 0 Å². The van der Waals surface area contributed by atoms with E-state index in [1.165, 1.54) is 5.56 Å². The van der Waals surface area contributed by atoms with E-state index in [9.17, 15) is 0 Å². The van der Waals surface area contributed by atoms with Crippen molar-refractivity contribution < 1.29 is 9.47 Å². The number of hydrogen-bond donors (Lipinski definition) is 0. The number of alkyl halides is 1. The van der Waals surface area contributed by atoms with Crippen LogP contribution >= 0.6 is 11.6 Å². The fourth-order valence-corrected chi connectivity index (χ4v) is 2.43. The predicted octanol–water partition coefficient (Wildman–Crippen LogP) is 3.68. The van der Waals surface area contributed by atoms with Gasteiger partial charge in [-0.1, -0.05) is 24.3 Å². The van der Waals surface area contributed by atoms with Crippen LogP contribution in [0.5, 0.6) is 0 Å². The van der Waals surface area contributed by atoms with Gasteiger partial charge >= 0.3 is 0 Å². The predicted molar refractivity (Wildman–Crippen MR) is 69.3 cm³/mol.